The first-order valence-corrected chi connectivity index (χ1v) is 6.64. The molecule has 4 N–H and O–H groups in total. The standard InChI is InChI=1S/C12H20N2O2S/c1-8(2)11(15)3-4-14-6-10-5-9(7-17-10)12(13)16/h5,7-8,11,14-15H,3-4,6H2,1-2H3,(H2,13,16). The van der Waals surface area contributed by atoms with Crippen LogP contribution in [0, 0.1) is 5.92 Å². The fourth-order valence-electron chi connectivity index (χ4n) is 1.40. The van der Waals surface area contributed by atoms with Crippen LogP contribution in [0.3, 0.4) is 0 Å². The van der Waals surface area contributed by atoms with Crippen LogP contribution in [0.25, 0.3) is 0 Å². The van der Waals surface area contributed by atoms with Gasteiger partial charge in [-0.25, -0.2) is 0 Å². The first-order chi connectivity index (χ1) is 8.00. The van der Waals surface area contributed by atoms with E-state index in [4.69, 9.17) is 5.73 Å². The van der Waals surface area contributed by atoms with Crippen molar-refractivity contribution < 1.29 is 9.90 Å². The van der Waals surface area contributed by atoms with E-state index < -0.39 is 0 Å². The van der Waals surface area contributed by atoms with Gasteiger partial charge in [0.1, 0.15) is 0 Å². The van der Waals surface area contributed by atoms with E-state index in [9.17, 15) is 9.90 Å². The summed E-state index contributed by atoms with van der Waals surface area (Å²) < 4.78 is 0. The molecule has 0 aliphatic carbocycles. The van der Waals surface area contributed by atoms with Crippen molar-refractivity contribution in [1.29, 1.82) is 0 Å². The van der Waals surface area contributed by atoms with Crippen LogP contribution in [0.4, 0.5) is 0 Å². The van der Waals surface area contributed by atoms with Crippen LogP contribution in [0.2, 0.25) is 0 Å². The van der Waals surface area contributed by atoms with Crippen LogP contribution in [0.1, 0.15) is 35.5 Å². The molecule has 1 aromatic rings. The lowest BCUT2D eigenvalue weighted by Crippen LogP contribution is -2.23. The second-order valence-corrected chi connectivity index (χ2v) is 5.44. The Morgan fingerprint density at radius 3 is 2.82 bits per heavy atom. The van der Waals surface area contributed by atoms with Crippen molar-refractivity contribution in [1.82, 2.24) is 5.32 Å². The maximum Gasteiger partial charge on any atom is 0.249 e. The second-order valence-electron chi connectivity index (χ2n) is 4.44. The summed E-state index contributed by atoms with van der Waals surface area (Å²) in [5.74, 6) is -0.0947. The van der Waals surface area contributed by atoms with Gasteiger partial charge >= 0.3 is 0 Å². The number of rotatable bonds is 7. The molecule has 0 saturated heterocycles. The minimum absolute atomic E-state index is 0.257. The molecule has 1 heterocycles. The number of carbonyl (C=O) groups is 1. The molecule has 1 atom stereocenters. The van der Waals surface area contributed by atoms with E-state index >= 15 is 0 Å². The van der Waals surface area contributed by atoms with Crippen LogP contribution >= 0.6 is 11.3 Å². The molecular formula is C12H20N2O2S. The lowest BCUT2D eigenvalue weighted by molar-refractivity contribution is 0.100. The third-order valence-electron chi connectivity index (χ3n) is 2.62. The lowest BCUT2D eigenvalue weighted by atomic mass is 10.0. The monoisotopic (exact) mass is 256 g/mol. The van der Waals surface area contributed by atoms with Crippen molar-refractivity contribution in [2.24, 2.45) is 11.7 Å². The molecule has 4 nitrogen and oxygen atoms in total. The Morgan fingerprint density at radius 1 is 1.59 bits per heavy atom. The van der Waals surface area contributed by atoms with Gasteiger partial charge in [-0.2, -0.15) is 0 Å². The highest BCUT2D eigenvalue weighted by Crippen LogP contribution is 2.14. The molecule has 1 amide bonds. The highest BCUT2D eigenvalue weighted by Gasteiger charge is 2.08. The number of primary amides is 1. The average molecular weight is 256 g/mol. The van der Waals surface area contributed by atoms with Crippen molar-refractivity contribution in [2.75, 3.05) is 6.54 Å². The van der Waals surface area contributed by atoms with Gasteiger partial charge in [0.15, 0.2) is 0 Å². The van der Waals surface area contributed by atoms with Crippen molar-refractivity contribution in [2.45, 2.75) is 32.9 Å². The summed E-state index contributed by atoms with van der Waals surface area (Å²) >= 11 is 1.52. The van der Waals surface area contributed by atoms with Gasteiger partial charge in [0, 0.05) is 16.8 Å². The summed E-state index contributed by atoms with van der Waals surface area (Å²) in [5, 5.41) is 14.6. The smallest absolute Gasteiger partial charge is 0.249 e. The summed E-state index contributed by atoms with van der Waals surface area (Å²) in [4.78, 5) is 12.0. The van der Waals surface area contributed by atoms with E-state index in [0.29, 0.717) is 18.0 Å². The molecule has 0 aliphatic rings. The number of aliphatic hydroxyl groups is 1. The SMILES string of the molecule is CC(C)C(O)CCNCc1cc(C(N)=O)cs1. The Kier molecular flexibility index (Phi) is 5.61. The molecule has 0 aromatic carbocycles. The van der Waals surface area contributed by atoms with Gasteiger partial charge in [0.05, 0.1) is 11.7 Å². The minimum atomic E-state index is -0.386. The molecule has 0 bridgehead atoms. The Hall–Kier alpha value is -0.910. The Balaban J connectivity index is 2.24. The van der Waals surface area contributed by atoms with E-state index in [2.05, 4.69) is 5.32 Å². The summed E-state index contributed by atoms with van der Waals surface area (Å²) in [6, 6.07) is 1.80. The van der Waals surface area contributed by atoms with Crippen LogP contribution < -0.4 is 11.1 Å². The average Bonchev–Trinajstić information content (AvgIpc) is 2.72. The summed E-state index contributed by atoms with van der Waals surface area (Å²) in [7, 11) is 0. The van der Waals surface area contributed by atoms with E-state index in [0.717, 1.165) is 17.8 Å². The molecule has 1 aromatic heterocycles. The number of hydrogen-bond acceptors (Lipinski definition) is 4. The Bertz CT molecular complexity index is 363. The minimum Gasteiger partial charge on any atom is -0.393 e. The zero-order valence-corrected chi connectivity index (χ0v) is 11.1. The van der Waals surface area contributed by atoms with Gasteiger partial charge in [0.25, 0.3) is 0 Å². The predicted molar refractivity (Wildman–Crippen MR) is 70.0 cm³/mol. The topological polar surface area (TPSA) is 75.3 Å². The number of carbonyl (C=O) groups excluding carboxylic acids is 1. The molecule has 1 rings (SSSR count). The molecule has 0 spiro atoms. The van der Waals surface area contributed by atoms with Gasteiger partial charge in [-0.3, -0.25) is 4.79 Å². The van der Waals surface area contributed by atoms with Crippen LogP contribution in [-0.4, -0.2) is 23.7 Å². The van der Waals surface area contributed by atoms with Gasteiger partial charge in [-0.05, 0) is 24.9 Å². The molecular weight excluding hydrogens is 236 g/mol. The third-order valence-corrected chi connectivity index (χ3v) is 3.56. The van der Waals surface area contributed by atoms with Crippen molar-refractivity contribution in [3.05, 3.63) is 21.9 Å². The molecule has 17 heavy (non-hydrogen) atoms. The third kappa shape index (κ3) is 4.85. The van der Waals surface area contributed by atoms with E-state index in [-0.39, 0.29) is 12.0 Å². The molecule has 0 saturated carbocycles. The van der Waals surface area contributed by atoms with Crippen molar-refractivity contribution >= 4 is 17.2 Å². The highest BCUT2D eigenvalue weighted by atomic mass is 32.1. The number of nitrogens with one attached hydrogen (secondary N) is 1. The largest absolute Gasteiger partial charge is 0.393 e. The summed E-state index contributed by atoms with van der Waals surface area (Å²) in [6.07, 6.45) is 0.484. The van der Waals surface area contributed by atoms with Crippen LogP contribution in [-0.2, 0) is 6.54 Å². The van der Waals surface area contributed by atoms with E-state index in [1.165, 1.54) is 11.3 Å². The van der Waals surface area contributed by atoms with Crippen molar-refractivity contribution in [3.63, 3.8) is 0 Å². The second kappa shape index (κ2) is 6.74. The van der Waals surface area contributed by atoms with E-state index in [1.807, 2.05) is 13.8 Å². The van der Waals surface area contributed by atoms with Crippen LogP contribution in [0.15, 0.2) is 11.4 Å². The van der Waals surface area contributed by atoms with Gasteiger partial charge in [-0.1, -0.05) is 13.8 Å². The lowest BCUT2D eigenvalue weighted by Gasteiger charge is -2.14. The maximum absolute atomic E-state index is 10.9. The molecule has 96 valence electrons. The molecule has 0 radical (unpaired) electrons. The number of thiophene rings is 1. The quantitative estimate of drug-likeness (QED) is 0.644. The fourth-order valence-corrected chi connectivity index (χ4v) is 2.24. The summed E-state index contributed by atoms with van der Waals surface area (Å²) in [6.45, 7) is 5.48. The van der Waals surface area contributed by atoms with Gasteiger partial charge < -0.3 is 16.2 Å². The predicted octanol–water partition coefficient (Wildman–Crippen LogP) is 1.34. The van der Waals surface area contributed by atoms with Gasteiger partial charge in [-0.15, -0.1) is 11.3 Å². The molecule has 1 unspecified atom stereocenters. The van der Waals surface area contributed by atoms with Crippen LogP contribution in [0.5, 0.6) is 0 Å². The summed E-state index contributed by atoms with van der Waals surface area (Å²) in [5.41, 5.74) is 5.73. The zero-order valence-electron chi connectivity index (χ0n) is 10.3. The molecule has 5 heteroatoms. The first kappa shape index (κ1) is 14.2. The number of aliphatic hydroxyl groups excluding tert-OH is 1. The fraction of sp³-hybridized carbons (Fsp3) is 0.583. The maximum atomic E-state index is 10.9. The first-order valence-electron chi connectivity index (χ1n) is 5.76. The Labute approximate surface area is 106 Å². The normalized spacial score (nSPS) is 12.9. The highest BCUT2D eigenvalue weighted by molar-refractivity contribution is 7.10. The number of hydrogen-bond donors (Lipinski definition) is 3. The Morgan fingerprint density at radius 2 is 2.29 bits per heavy atom. The molecule has 0 aliphatic heterocycles. The van der Waals surface area contributed by atoms with Gasteiger partial charge in [0.2, 0.25) is 5.91 Å². The number of nitrogens with two attached hydrogens (primary N) is 1. The molecule has 0 fully saturated rings. The van der Waals surface area contributed by atoms with E-state index in [1.54, 1.807) is 11.4 Å². The number of amides is 1. The zero-order chi connectivity index (χ0) is 12.8. The van der Waals surface area contributed by atoms with Crippen molar-refractivity contribution in [3.8, 4) is 0 Å².